The number of nitriles is 4. The van der Waals surface area contributed by atoms with Gasteiger partial charge >= 0.3 is 0 Å². The fourth-order valence-electron chi connectivity index (χ4n) is 3.03. The highest BCUT2D eigenvalue weighted by molar-refractivity contribution is 5.77. The van der Waals surface area contributed by atoms with E-state index < -0.39 is 22.2 Å². The van der Waals surface area contributed by atoms with Crippen molar-refractivity contribution in [1.29, 1.82) is 21.0 Å². The van der Waals surface area contributed by atoms with Gasteiger partial charge in [0.2, 0.25) is 0 Å². The highest BCUT2D eigenvalue weighted by atomic mass is 16.1. The molecule has 0 aromatic heterocycles. The lowest BCUT2D eigenvalue weighted by molar-refractivity contribution is -0.147. The number of ketones is 1. The van der Waals surface area contributed by atoms with E-state index in [-0.39, 0.29) is 12.2 Å². The number of Topliss-reactive ketones (excluding diaryl/α,β-unsaturated/α-hetero) is 1. The zero-order valence-corrected chi connectivity index (χ0v) is 10.5. The van der Waals surface area contributed by atoms with Crippen LogP contribution in [0.2, 0.25) is 0 Å². The molecule has 0 unspecified atom stereocenters. The molecule has 5 heteroatoms. The minimum absolute atomic E-state index is 0.0270. The summed E-state index contributed by atoms with van der Waals surface area (Å²) in [6, 6.07) is 7.29. The summed E-state index contributed by atoms with van der Waals surface area (Å²) in [5, 5.41) is 37.1. The van der Waals surface area contributed by atoms with Crippen molar-refractivity contribution < 1.29 is 4.79 Å². The van der Waals surface area contributed by atoms with Gasteiger partial charge in [-0.25, -0.2) is 0 Å². The van der Waals surface area contributed by atoms with Crippen molar-refractivity contribution in [2.45, 2.75) is 27.2 Å². The van der Waals surface area contributed by atoms with Crippen LogP contribution in [0.1, 0.15) is 27.2 Å². The molecule has 0 bridgehead atoms. The van der Waals surface area contributed by atoms with Crippen LogP contribution in [0.3, 0.4) is 0 Å². The van der Waals surface area contributed by atoms with Crippen LogP contribution in [0.25, 0.3) is 0 Å². The number of rotatable bonds is 2. The zero-order chi connectivity index (χ0) is 14.2. The van der Waals surface area contributed by atoms with Crippen LogP contribution < -0.4 is 0 Å². The molecule has 5 nitrogen and oxygen atoms in total. The predicted octanol–water partition coefficient (Wildman–Crippen LogP) is 1.69. The molecule has 90 valence electrons. The lowest BCUT2D eigenvalue weighted by atomic mass is 9.33. The summed E-state index contributed by atoms with van der Waals surface area (Å²) < 4.78 is 0. The molecular weight excluding hydrogens is 228 g/mol. The van der Waals surface area contributed by atoms with Gasteiger partial charge in [0.25, 0.3) is 0 Å². The lowest BCUT2D eigenvalue weighted by Crippen LogP contribution is -2.68. The van der Waals surface area contributed by atoms with E-state index in [0.717, 1.165) is 0 Å². The van der Waals surface area contributed by atoms with Gasteiger partial charge in [-0.2, -0.15) is 21.0 Å². The average molecular weight is 240 g/mol. The molecule has 1 aliphatic carbocycles. The van der Waals surface area contributed by atoms with E-state index in [1.807, 2.05) is 24.3 Å². The Kier molecular flexibility index (Phi) is 2.92. The maximum Gasteiger partial charge on any atom is 0.181 e. The third-order valence-corrected chi connectivity index (χ3v) is 4.13. The standard InChI is InChI=1S/C13H12N4O/c1-9(18)4-10-11(2,3)13(7-16,8-17)12(10,5-14)6-15/h10H,4H2,1-3H3/t10-/m1/s1. The monoisotopic (exact) mass is 240 g/mol. The van der Waals surface area contributed by atoms with Crippen molar-refractivity contribution in [3.05, 3.63) is 0 Å². The maximum absolute atomic E-state index is 11.3. The van der Waals surface area contributed by atoms with Crippen LogP contribution in [0, 0.1) is 67.5 Å². The highest BCUT2D eigenvalue weighted by Gasteiger charge is 2.79. The first kappa shape index (κ1) is 13.7. The Morgan fingerprint density at radius 1 is 1.06 bits per heavy atom. The first-order valence-corrected chi connectivity index (χ1v) is 5.44. The second-order valence-corrected chi connectivity index (χ2v) is 5.19. The van der Waals surface area contributed by atoms with Crippen molar-refractivity contribution in [3.63, 3.8) is 0 Å². The van der Waals surface area contributed by atoms with E-state index in [4.69, 9.17) is 0 Å². The summed E-state index contributed by atoms with van der Waals surface area (Å²) in [7, 11) is 0. The first-order valence-electron chi connectivity index (χ1n) is 5.44. The molecule has 0 radical (unpaired) electrons. The third kappa shape index (κ3) is 1.14. The van der Waals surface area contributed by atoms with Crippen LogP contribution in [-0.2, 0) is 4.79 Å². The molecule has 1 rings (SSSR count). The summed E-state index contributed by atoms with van der Waals surface area (Å²) in [6.07, 6.45) is 0.0270. The molecule has 18 heavy (non-hydrogen) atoms. The minimum Gasteiger partial charge on any atom is -0.300 e. The summed E-state index contributed by atoms with van der Waals surface area (Å²) in [6.45, 7) is 4.67. The van der Waals surface area contributed by atoms with E-state index in [1.165, 1.54) is 6.92 Å². The van der Waals surface area contributed by atoms with E-state index in [1.54, 1.807) is 13.8 Å². The Morgan fingerprint density at radius 3 is 1.78 bits per heavy atom. The fraction of sp³-hybridized carbons (Fsp3) is 0.615. The quantitative estimate of drug-likeness (QED) is 0.728. The van der Waals surface area contributed by atoms with Crippen LogP contribution in [0.5, 0.6) is 0 Å². The second kappa shape index (κ2) is 3.83. The van der Waals surface area contributed by atoms with Gasteiger partial charge in [-0.1, -0.05) is 13.8 Å². The highest BCUT2D eigenvalue weighted by Crippen LogP contribution is 2.71. The number of carbonyl (C=O) groups excluding carboxylic acids is 1. The largest absolute Gasteiger partial charge is 0.300 e. The van der Waals surface area contributed by atoms with Crippen LogP contribution in [-0.4, -0.2) is 5.78 Å². The first-order chi connectivity index (χ1) is 8.29. The molecule has 1 saturated carbocycles. The molecule has 0 N–H and O–H groups in total. The van der Waals surface area contributed by atoms with Crippen molar-refractivity contribution in [3.8, 4) is 24.3 Å². The Balaban J connectivity index is 3.50. The SMILES string of the molecule is CC(=O)C[C@@H]1C(C)(C)C(C#N)(C#N)C1(C#N)C#N. The summed E-state index contributed by atoms with van der Waals surface area (Å²) in [5.74, 6) is -0.760. The van der Waals surface area contributed by atoms with E-state index in [2.05, 4.69) is 0 Å². The molecule has 0 heterocycles. The van der Waals surface area contributed by atoms with Gasteiger partial charge in [0, 0.05) is 17.8 Å². The zero-order valence-electron chi connectivity index (χ0n) is 10.5. The van der Waals surface area contributed by atoms with Gasteiger partial charge in [0.1, 0.15) is 5.78 Å². The number of nitrogens with zero attached hydrogens (tertiary/aromatic N) is 4. The normalized spacial score (nSPS) is 25.4. The molecule has 0 aliphatic heterocycles. The van der Waals surface area contributed by atoms with Crippen LogP contribution in [0.4, 0.5) is 0 Å². The molecule has 1 fully saturated rings. The number of hydrogen-bond acceptors (Lipinski definition) is 5. The van der Waals surface area contributed by atoms with Gasteiger partial charge < -0.3 is 4.79 Å². The Morgan fingerprint density at radius 2 is 1.50 bits per heavy atom. The fourth-order valence-corrected chi connectivity index (χ4v) is 3.03. The topological polar surface area (TPSA) is 112 Å². The molecule has 0 aromatic rings. The Labute approximate surface area is 106 Å². The molecule has 1 aliphatic rings. The van der Waals surface area contributed by atoms with Gasteiger partial charge in [-0.05, 0) is 6.92 Å². The molecule has 0 saturated heterocycles. The molecule has 0 spiro atoms. The van der Waals surface area contributed by atoms with Gasteiger partial charge in [0.05, 0.1) is 24.3 Å². The number of hydrogen-bond donors (Lipinski definition) is 0. The smallest absolute Gasteiger partial charge is 0.181 e. The van der Waals surface area contributed by atoms with Crippen LogP contribution in [0.15, 0.2) is 0 Å². The molecule has 0 aromatic carbocycles. The third-order valence-electron chi connectivity index (χ3n) is 4.13. The lowest BCUT2D eigenvalue weighted by Gasteiger charge is -2.61. The molecule has 0 amide bonds. The van der Waals surface area contributed by atoms with Crippen LogP contribution >= 0.6 is 0 Å². The van der Waals surface area contributed by atoms with Crippen molar-refractivity contribution in [2.75, 3.05) is 0 Å². The molecular formula is C13H12N4O. The van der Waals surface area contributed by atoms with Gasteiger partial charge in [-0.15, -0.1) is 0 Å². The summed E-state index contributed by atoms with van der Waals surface area (Å²) in [5.41, 5.74) is -4.29. The van der Waals surface area contributed by atoms with Crippen molar-refractivity contribution >= 4 is 5.78 Å². The average Bonchev–Trinajstić information content (AvgIpc) is 2.33. The van der Waals surface area contributed by atoms with Crippen molar-refractivity contribution in [2.24, 2.45) is 22.2 Å². The maximum atomic E-state index is 11.3. The minimum atomic E-state index is -1.73. The molecule has 1 atom stereocenters. The Bertz CT molecular complexity index is 534. The van der Waals surface area contributed by atoms with Gasteiger partial charge in [0.15, 0.2) is 10.8 Å². The van der Waals surface area contributed by atoms with Gasteiger partial charge in [-0.3, -0.25) is 0 Å². The summed E-state index contributed by atoms with van der Waals surface area (Å²) >= 11 is 0. The predicted molar refractivity (Wildman–Crippen MR) is 59.9 cm³/mol. The van der Waals surface area contributed by atoms with E-state index in [0.29, 0.717) is 0 Å². The number of carbonyl (C=O) groups is 1. The van der Waals surface area contributed by atoms with Crippen molar-refractivity contribution in [1.82, 2.24) is 0 Å². The van der Waals surface area contributed by atoms with E-state index >= 15 is 0 Å². The Hall–Kier alpha value is -2.37. The second-order valence-electron chi connectivity index (χ2n) is 5.19. The summed E-state index contributed by atoms with van der Waals surface area (Å²) in [4.78, 5) is 11.3. The van der Waals surface area contributed by atoms with E-state index in [9.17, 15) is 25.8 Å².